The lowest BCUT2D eigenvalue weighted by atomic mass is 10.2. The van der Waals surface area contributed by atoms with Crippen LogP contribution in [0.4, 0.5) is 17.2 Å². The van der Waals surface area contributed by atoms with Gasteiger partial charge in [0.05, 0.1) is 11.8 Å². The van der Waals surface area contributed by atoms with Crippen molar-refractivity contribution < 1.29 is 14.1 Å². The molecule has 1 aliphatic carbocycles. The molecule has 2 fully saturated rings. The molecule has 0 spiro atoms. The molecule has 28 heavy (non-hydrogen) atoms. The van der Waals surface area contributed by atoms with Gasteiger partial charge < -0.3 is 25.0 Å². The number of nitrogens with one attached hydrogen (secondary N) is 2. The number of aryl methyl sites for hydroxylation is 1. The van der Waals surface area contributed by atoms with Gasteiger partial charge in [0.2, 0.25) is 11.8 Å². The molecule has 2 N–H and O–H groups in total. The Labute approximate surface area is 163 Å². The summed E-state index contributed by atoms with van der Waals surface area (Å²) >= 11 is 0. The molecule has 2 aliphatic rings. The Bertz CT molecular complexity index is 855. The zero-order valence-corrected chi connectivity index (χ0v) is 16.1. The summed E-state index contributed by atoms with van der Waals surface area (Å²) in [6.07, 6.45) is 0.549. The van der Waals surface area contributed by atoms with Gasteiger partial charge in [0.15, 0.2) is 5.82 Å². The first kappa shape index (κ1) is 18.5. The van der Waals surface area contributed by atoms with E-state index in [1.807, 2.05) is 24.3 Å². The number of hydrogen-bond acceptors (Lipinski definition) is 6. The van der Waals surface area contributed by atoms with Crippen molar-refractivity contribution in [2.75, 3.05) is 48.8 Å². The molecule has 1 saturated carbocycles. The average molecular weight is 383 g/mol. The van der Waals surface area contributed by atoms with E-state index in [2.05, 4.69) is 32.6 Å². The van der Waals surface area contributed by atoms with Crippen LogP contribution in [-0.2, 0) is 9.59 Å². The Morgan fingerprint density at radius 3 is 2.29 bits per heavy atom. The van der Waals surface area contributed by atoms with E-state index in [-0.39, 0.29) is 23.7 Å². The maximum absolute atomic E-state index is 12.4. The van der Waals surface area contributed by atoms with Crippen LogP contribution < -0.4 is 15.5 Å². The van der Waals surface area contributed by atoms with Crippen LogP contribution in [0.5, 0.6) is 0 Å². The van der Waals surface area contributed by atoms with Crippen LogP contribution in [0.2, 0.25) is 0 Å². The molecule has 2 atom stereocenters. The van der Waals surface area contributed by atoms with Crippen molar-refractivity contribution in [1.82, 2.24) is 10.1 Å². The SMILES string of the molecule is Cc1cc(NC(=O)C2CC2C(=O)Nc2ccc(N3CCN(C)CC3)cc2)no1. The minimum absolute atomic E-state index is 0.121. The van der Waals surface area contributed by atoms with E-state index < -0.39 is 0 Å². The molecule has 8 nitrogen and oxygen atoms in total. The summed E-state index contributed by atoms with van der Waals surface area (Å²) in [5, 5.41) is 9.34. The number of anilines is 3. The van der Waals surface area contributed by atoms with Crippen LogP contribution in [0, 0.1) is 18.8 Å². The number of likely N-dealkylation sites (N-methyl/N-ethyl adjacent to an activating group) is 1. The van der Waals surface area contributed by atoms with Gasteiger partial charge in [0, 0.05) is 43.6 Å². The van der Waals surface area contributed by atoms with Crippen molar-refractivity contribution in [1.29, 1.82) is 0 Å². The summed E-state index contributed by atoms with van der Waals surface area (Å²) in [4.78, 5) is 29.3. The van der Waals surface area contributed by atoms with Crippen molar-refractivity contribution >= 4 is 29.0 Å². The van der Waals surface area contributed by atoms with Gasteiger partial charge in [-0.3, -0.25) is 9.59 Å². The van der Waals surface area contributed by atoms with Crippen LogP contribution in [0.1, 0.15) is 12.2 Å². The molecule has 0 bridgehead atoms. The Morgan fingerprint density at radius 1 is 1.04 bits per heavy atom. The largest absolute Gasteiger partial charge is 0.369 e. The highest BCUT2D eigenvalue weighted by Crippen LogP contribution is 2.40. The molecule has 2 aromatic rings. The van der Waals surface area contributed by atoms with E-state index in [0.29, 0.717) is 18.0 Å². The second kappa shape index (κ2) is 7.63. The monoisotopic (exact) mass is 383 g/mol. The number of rotatable bonds is 5. The van der Waals surface area contributed by atoms with Crippen LogP contribution in [0.15, 0.2) is 34.9 Å². The van der Waals surface area contributed by atoms with E-state index in [1.165, 1.54) is 0 Å². The van der Waals surface area contributed by atoms with E-state index in [0.717, 1.165) is 37.6 Å². The number of amides is 2. The van der Waals surface area contributed by atoms with Crippen molar-refractivity contribution in [3.8, 4) is 0 Å². The third kappa shape index (κ3) is 4.17. The van der Waals surface area contributed by atoms with Gasteiger partial charge in [-0.15, -0.1) is 0 Å². The van der Waals surface area contributed by atoms with E-state index in [4.69, 9.17) is 4.52 Å². The van der Waals surface area contributed by atoms with Crippen LogP contribution in [0.3, 0.4) is 0 Å². The molecular formula is C20H25N5O3. The van der Waals surface area contributed by atoms with Crippen LogP contribution in [-0.4, -0.2) is 55.1 Å². The molecule has 1 aliphatic heterocycles. The highest BCUT2D eigenvalue weighted by molar-refractivity contribution is 6.03. The summed E-state index contributed by atoms with van der Waals surface area (Å²) in [5.74, 6) is 0.0723. The molecule has 1 aromatic carbocycles. The molecule has 1 aromatic heterocycles. The fraction of sp³-hybridized carbons (Fsp3) is 0.450. The summed E-state index contributed by atoms with van der Waals surface area (Å²) in [5.41, 5.74) is 1.92. The number of carbonyl (C=O) groups excluding carboxylic acids is 2. The molecular weight excluding hydrogens is 358 g/mol. The highest BCUT2D eigenvalue weighted by atomic mass is 16.5. The number of piperazine rings is 1. The lowest BCUT2D eigenvalue weighted by Gasteiger charge is -2.34. The topological polar surface area (TPSA) is 90.7 Å². The maximum atomic E-state index is 12.4. The van der Waals surface area contributed by atoms with E-state index in [1.54, 1.807) is 13.0 Å². The molecule has 2 amide bonds. The average Bonchev–Trinajstić information content (AvgIpc) is 3.40. The molecule has 4 rings (SSSR count). The zero-order chi connectivity index (χ0) is 19.7. The number of aromatic nitrogens is 1. The van der Waals surface area contributed by atoms with E-state index in [9.17, 15) is 9.59 Å². The Kier molecular flexibility index (Phi) is 5.04. The fourth-order valence-corrected chi connectivity index (χ4v) is 3.47. The third-order valence-corrected chi connectivity index (χ3v) is 5.35. The minimum atomic E-state index is -0.318. The van der Waals surface area contributed by atoms with Crippen LogP contribution >= 0.6 is 0 Å². The van der Waals surface area contributed by atoms with Gasteiger partial charge in [0.25, 0.3) is 0 Å². The summed E-state index contributed by atoms with van der Waals surface area (Å²) in [6, 6.07) is 9.55. The second-order valence-electron chi connectivity index (χ2n) is 7.59. The number of nitrogens with zero attached hydrogens (tertiary/aromatic N) is 3. The minimum Gasteiger partial charge on any atom is -0.369 e. The predicted octanol–water partition coefficient (Wildman–Crippen LogP) is 1.95. The van der Waals surface area contributed by atoms with Gasteiger partial charge in [0.1, 0.15) is 5.76 Å². The molecule has 8 heteroatoms. The van der Waals surface area contributed by atoms with Gasteiger partial charge in [-0.05, 0) is 44.7 Å². The second-order valence-corrected chi connectivity index (χ2v) is 7.59. The summed E-state index contributed by atoms with van der Waals surface area (Å²) in [7, 11) is 2.13. The number of hydrogen-bond donors (Lipinski definition) is 2. The quantitative estimate of drug-likeness (QED) is 0.820. The van der Waals surface area contributed by atoms with Gasteiger partial charge >= 0.3 is 0 Å². The van der Waals surface area contributed by atoms with Crippen molar-refractivity contribution in [3.63, 3.8) is 0 Å². The lowest BCUT2D eigenvalue weighted by molar-refractivity contribution is -0.122. The lowest BCUT2D eigenvalue weighted by Crippen LogP contribution is -2.44. The van der Waals surface area contributed by atoms with Crippen LogP contribution in [0.25, 0.3) is 0 Å². The smallest absolute Gasteiger partial charge is 0.229 e. The van der Waals surface area contributed by atoms with Gasteiger partial charge in [-0.1, -0.05) is 5.16 Å². The first-order chi connectivity index (χ1) is 13.5. The van der Waals surface area contributed by atoms with E-state index >= 15 is 0 Å². The van der Waals surface area contributed by atoms with Crippen molar-refractivity contribution in [2.45, 2.75) is 13.3 Å². The molecule has 1 saturated heterocycles. The summed E-state index contributed by atoms with van der Waals surface area (Å²) in [6.45, 7) is 5.87. The summed E-state index contributed by atoms with van der Waals surface area (Å²) < 4.78 is 4.93. The Hall–Kier alpha value is -2.87. The van der Waals surface area contributed by atoms with Gasteiger partial charge in [-0.2, -0.15) is 0 Å². The predicted molar refractivity (Wildman–Crippen MR) is 106 cm³/mol. The number of benzene rings is 1. The Morgan fingerprint density at radius 2 is 1.68 bits per heavy atom. The molecule has 2 unspecified atom stereocenters. The fourth-order valence-electron chi connectivity index (χ4n) is 3.47. The normalized spacial score (nSPS) is 22.0. The zero-order valence-electron chi connectivity index (χ0n) is 16.1. The van der Waals surface area contributed by atoms with Crippen molar-refractivity contribution in [2.24, 2.45) is 11.8 Å². The first-order valence-corrected chi connectivity index (χ1v) is 9.58. The maximum Gasteiger partial charge on any atom is 0.229 e. The third-order valence-electron chi connectivity index (χ3n) is 5.35. The van der Waals surface area contributed by atoms with Gasteiger partial charge in [-0.25, -0.2) is 0 Å². The highest BCUT2D eigenvalue weighted by Gasteiger charge is 2.48. The molecule has 2 heterocycles. The first-order valence-electron chi connectivity index (χ1n) is 9.58. The molecule has 148 valence electrons. The van der Waals surface area contributed by atoms with Crippen molar-refractivity contribution in [3.05, 3.63) is 36.1 Å². The molecule has 0 radical (unpaired) electrons. The number of carbonyl (C=O) groups is 2. The standard InChI is InChI=1S/C20H25N5O3/c1-13-11-18(23-28-13)22-20(27)17-12-16(17)19(26)21-14-3-5-15(6-4-14)25-9-7-24(2)8-10-25/h3-6,11,16-17H,7-10,12H2,1-2H3,(H,21,26)(H,22,23,27). The Balaban J connectivity index is 1.28.